The number of hydrogen-bond acceptors (Lipinski definition) is 3. The van der Waals surface area contributed by atoms with Gasteiger partial charge in [-0.05, 0) is 6.42 Å². The van der Waals surface area contributed by atoms with Crippen LogP contribution in [0, 0.1) is 0 Å². The highest BCUT2D eigenvalue weighted by Crippen LogP contribution is 1.96. The van der Waals surface area contributed by atoms with E-state index in [9.17, 15) is 0 Å². The first kappa shape index (κ1) is 5.03. The third-order valence-electron chi connectivity index (χ3n) is 1.30. The van der Waals surface area contributed by atoms with Gasteiger partial charge in [-0.3, -0.25) is 5.43 Å². The Morgan fingerprint density at radius 3 is 2.71 bits per heavy atom. The second-order valence-corrected chi connectivity index (χ2v) is 1.88. The summed E-state index contributed by atoms with van der Waals surface area (Å²) in [5, 5.41) is 1.93. The molecule has 1 atom stereocenters. The maximum atomic E-state index is 5.54. The minimum absolute atomic E-state index is 0.236. The van der Waals surface area contributed by atoms with Crippen molar-refractivity contribution in [1.82, 2.24) is 10.4 Å². The number of nitrogens with zero attached hydrogens (tertiary/aromatic N) is 1. The van der Waals surface area contributed by atoms with Gasteiger partial charge in [-0.15, -0.1) is 0 Å². The van der Waals surface area contributed by atoms with Crippen LogP contribution in [0.15, 0.2) is 0 Å². The van der Waals surface area contributed by atoms with Gasteiger partial charge in [0, 0.05) is 13.6 Å². The summed E-state index contributed by atoms with van der Waals surface area (Å²) in [5.74, 6) is 0. The average Bonchev–Trinajstić information content (AvgIpc) is 1.91. The van der Waals surface area contributed by atoms with Crippen LogP contribution in [0.1, 0.15) is 6.42 Å². The minimum Gasteiger partial charge on any atom is -0.315 e. The molecule has 0 spiro atoms. The lowest BCUT2D eigenvalue weighted by atomic mass is 10.4. The molecule has 1 aliphatic heterocycles. The van der Waals surface area contributed by atoms with Gasteiger partial charge in [0.25, 0.3) is 0 Å². The Labute approximate surface area is 43.4 Å². The Hall–Kier alpha value is -0.120. The molecule has 1 heterocycles. The van der Waals surface area contributed by atoms with Crippen LogP contribution in [0.5, 0.6) is 0 Å². The van der Waals surface area contributed by atoms with Crippen molar-refractivity contribution in [3.05, 3.63) is 0 Å². The summed E-state index contributed by atoms with van der Waals surface area (Å²) < 4.78 is 0. The molecule has 0 aromatic rings. The summed E-state index contributed by atoms with van der Waals surface area (Å²) in [7, 11) is 1.96. The van der Waals surface area contributed by atoms with E-state index >= 15 is 0 Å². The summed E-state index contributed by atoms with van der Waals surface area (Å²) in [5.41, 5.74) is 8.62. The van der Waals surface area contributed by atoms with Crippen LogP contribution in [0.2, 0.25) is 0 Å². The molecule has 3 heteroatoms. The zero-order valence-electron chi connectivity index (χ0n) is 4.52. The second-order valence-electron chi connectivity index (χ2n) is 1.88. The fourth-order valence-corrected chi connectivity index (χ4v) is 0.700. The predicted molar refractivity (Wildman–Crippen MR) is 28.4 cm³/mol. The zero-order valence-corrected chi connectivity index (χ0v) is 4.52. The highest BCUT2D eigenvalue weighted by Gasteiger charge is 2.14. The van der Waals surface area contributed by atoms with E-state index in [1.165, 1.54) is 0 Å². The minimum atomic E-state index is 0.236. The predicted octanol–water partition coefficient (Wildman–Crippen LogP) is -0.889. The normalized spacial score (nSPS) is 34.3. The van der Waals surface area contributed by atoms with Crippen molar-refractivity contribution >= 4 is 0 Å². The lowest BCUT2D eigenvalue weighted by molar-refractivity contribution is 0.242. The van der Waals surface area contributed by atoms with Crippen molar-refractivity contribution in [2.24, 2.45) is 5.73 Å². The van der Waals surface area contributed by atoms with Crippen molar-refractivity contribution in [1.29, 1.82) is 0 Å². The van der Waals surface area contributed by atoms with Crippen molar-refractivity contribution < 1.29 is 0 Å². The van der Waals surface area contributed by atoms with Crippen LogP contribution in [0.4, 0.5) is 0 Å². The largest absolute Gasteiger partial charge is 0.315 e. The second kappa shape index (κ2) is 1.78. The summed E-state index contributed by atoms with van der Waals surface area (Å²) in [6, 6.07) is 0. The Morgan fingerprint density at radius 1 is 1.86 bits per heavy atom. The molecule has 0 bridgehead atoms. The highest BCUT2D eigenvalue weighted by atomic mass is 15.5. The number of rotatable bonds is 0. The lowest BCUT2D eigenvalue weighted by Gasteiger charge is -2.12. The van der Waals surface area contributed by atoms with E-state index in [4.69, 9.17) is 5.73 Å². The fraction of sp³-hybridized carbons (Fsp3) is 1.00. The molecule has 0 aromatic carbocycles. The topological polar surface area (TPSA) is 41.3 Å². The quantitative estimate of drug-likeness (QED) is 0.416. The van der Waals surface area contributed by atoms with Crippen LogP contribution in [0.3, 0.4) is 0 Å². The Morgan fingerprint density at radius 2 is 2.57 bits per heavy atom. The maximum absolute atomic E-state index is 5.54. The van der Waals surface area contributed by atoms with Gasteiger partial charge in [-0.1, -0.05) is 0 Å². The van der Waals surface area contributed by atoms with Crippen LogP contribution in [-0.2, 0) is 0 Å². The highest BCUT2D eigenvalue weighted by molar-refractivity contribution is 4.65. The van der Waals surface area contributed by atoms with Crippen molar-refractivity contribution in [3.8, 4) is 0 Å². The zero-order chi connectivity index (χ0) is 5.28. The Balaban J connectivity index is 2.33. The average molecular weight is 101 g/mol. The Bertz CT molecular complexity index is 56.0. The maximum Gasteiger partial charge on any atom is 0.0717 e. The van der Waals surface area contributed by atoms with Crippen molar-refractivity contribution in [2.45, 2.75) is 12.6 Å². The van der Waals surface area contributed by atoms with Crippen LogP contribution in [0.25, 0.3) is 0 Å². The lowest BCUT2D eigenvalue weighted by Crippen LogP contribution is -2.38. The molecule has 7 heavy (non-hydrogen) atoms. The van der Waals surface area contributed by atoms with E-state index in [0.717, 1.165) is 13.0 Å². The molecule has 42 valence electrons. The number of nitrogens with two attached hydrogens (primary N) is 1. The molecule has 0 aliphatic carbocycles. The van der Waals surface area contributed by atoms with Crippen molar-refractivity contribution in [2.75, 3.05) is 13.6 Å². The molecule has 1 rings (SSSR count). The van der Waals surface area contributed by atoms with E-state index in [1.54, 1.807) is 0 Å². The molecule has 0 amide bonds. The van der Waals surface area contributed by atoms with Gasteiger partial charge in [0.15, 0.2) is 0 Å². The molecule has 0 radical (unpaired) electrons. The molecule has 0 aromatic heterocycles. The third-order valence-corrected chi connectivity index (χ3v) is 1.30. The van der Waals surface area contributed by atoms with Gasteiger partial charge >= 0.3 is 0 Å². The van der Waals surface area contributed by atoms with E-state index in [1.807, 2.05) is 12.1 Å². The van der Waals surface area contributed by atoms with Gasteiger partial charge in [0.05, 0.1) is 6.17 Å². The van der Waals surface area contributed by atoms with Crippen LogP contribution in [-0.4, -0.2) is 24.8 Å². The van der Waals surface area contributed by atoms with Gasteiger partial charge in [0.2, 0.25) is 0 Å². The van der Waals surface area contributed by atoms with Gasteiger partial charge in [-0.25, -0.2) is 5.01 Å². The van der Waals surface area contributed by atoms with Gasteiger partial charge in [-0.2, -0.15) is 0 Å². The first-order chi connectivity index (χ1) is 3.30. The van der Waals surface area contributed by atoms with E-state index in [2.05, 4.69) is 5.43 Å². The number of hydrogen-bond donors (Lipinski definition) is 2. The van der Waals surface area contributed by atoms with E-state index in [0.29, 0.717) is 0 Å². The van der Waals surface area contributed by atoms with Crippen LogP contribution >= 0.6 is 0 Å². The monoisotopic (exact) mass is 101 g/mol. The van der Waals surface area contributed by atoms with Crippen molar-refractivity contribution in [3.63, 3.8) is 0 Å². The molecular formula is C4H11N3. The molecule has 3 nitrogen and oxygen atoms in total. The first-order valence-electron chi connectivity index (χ1n) is 2.52. The SMILES string of the molecule is CN1NCCC1N. The number of nitrogens with one attached hydrogen (secondary N) is 1. The molecule has 1 fully saturated rings. The standard InChI is InChI=1S/C4H11N3/c1-7-4(5)2-3-6-7/h4,6H,2-3,5H2,1H3. The number of hydrazine groups is 1. The molecule has 1 aliphatic rings. The van der Waals surface area contributed by atoms with Gasteiger partial charge in [0.1, 0.15) is 0 Å². The molecular weight excluding hydrogens is 90.1 g/mol. The van der Waals surface area contributed by atoms with E-state index < -0.39 is 0 Å². The summed E-state index contributed by atoms with van der Waals surface area (Å²) in [6.07, 6.45) is 1.30. The van der Waals surface area contributed by atoms with Gasteiger partial charge < -0.3 is 5.73 Å². The van der Waals surface area contributed by atoms with Crippen LogP contribution < -0.4 is 11.2 Å². The summed E-state index contributed by atoms with van der Waals surface area (Å²) >= 11 is 0. The summed E-state index contributed by atoms with van der Waals surface area (Å²) in [4.78, 5) is 0. The Kier molecular flexibility index (Phi) is 1.27. The summed E-state index contributed by atoms with van der Waals surface area (Å²) in [6.45, 7) is 1.03. The fourth-order valence-electron chi connectivity index (χ4n) is 0.700. The molecule has 1 unspecified atom stereocenters. The third kappa shape index (κ3) is 0.907. The first-order valence-corrected chi connectivity index (χ1v) is 2.52. The molecule has 1 saturated heterocycles. The molecule has 3 N–H and O–H groups in total. The van der Waals surface area contributed by atoms with E-state index in [-0.39, 0.29) is 6.17 Å². The molecule has 0 saturated carbocycles. The smallest absolute Gasteiger partial charge is 0.0717 e.